The Hall–Kier alpha value is -0.450. The van der Waals surface area contributed by atoms with E-state index in [1.165, 1.54) is 0 Å². The van der Waals surface area contributed by atoms with Crippen LogP contribution in [0, 0.1) is 10.5 Å². The van der Waals surface area contributed by atoms with Crippen molar-refractivity contribution in [2.45, 2.75) is 6.92 Å². The molecular weight excluding hydrogens is 253 g/mol. The highest BCUT2D eigenvalue weighted by atomic mass is 127. The lowest BCUT2D eigenvalue weighted by Gasteiger charge is -2.06. The highest BCUT2D eigenvalue weighted by Gasteiger charge is 2.01. The first-order chi connectivity index (χ1) is 5.15. The van der Waals surface area contributed by atoms with Crippen LogP contribution in [0.25, 0.3) is 0 Å². The molecule has 11 heavy (non-hydrogen) atoms. The maximum Gasteiger partial charge on any atom is 0.123 e. The van der Waals surface area contributed by atoms with E-state index in [-0.39, 0.29) is 0 Å². The maximum absolute atomic E-state index is 5.68. The van der Waals surface area contributed by atoms with Crippen LogP contribution in [0.2, 0.25) is 0 Å². The molecule has 1 aromatic rings. The van der Waals surface area contributed by atoms with Gasteiger partial charge in [0.25, 0.3) is 0 Å². The van der Waals surface area contributed by atoms with Gasteiger partial charge in [0.05, 0.1) is 7.11 Å². The Morgan fingerprint density at radius 3 is 2.64 bits per heavy atom. The van der Waals surface area contributed by atoms with Gasteiger partial charge in [-0.1, -0.05) is 0 Å². The molecule has 0 aliphatic carbocycles. The number of nitrogens with two attached hydrogens (primary N) is 1. The summed E-state index contributed by atoms with van der Waals surface area (Å²) in [6.07, 6.45) is 0. The number of benzene rings is 1. The minimum Gasteiger partial charge on any atom is -0.496 e. The Labute approximate surface area is 79.9 Å². The number of anilines is 1. The Balaban J connectivity index is 3.21. The Kier molecular flexibility index (Phi) is 2.59. The quantitative estimate of drug-likeness (QED) is 0.622. The second-order valence-electron chi connectivity index (χ2n) is 2.34. The summed E-state index contributed by atoms with van der Waals surface area (Å²) < 4.78 is 6.17. The molecule has 0 aliphatic heterocycles. The summed E-state index contributed by atoms with van der Waals surface area (Å²) in [6, 6.07) is 3.85. The molecule has 0 aliphatic rings. The number of rotatable bonds is 1. The molecule has 1 aromatic carbocycles. The van der Waals surface area contributed by atoms with E-state index in [1.807, 2.05) is 19.1 Å². The lowest BCUT2D eigenvalue weighted by atomic mass is 10.2. The second-order valence-corrected chi connectivity index (χ2v) is 3.51. The summed E-state index contributed by atoms with van der Waals surface area (Å²) in [5.41, 5.74) is 7.57. The van der Waals surface area contributed by atoms with Gasteiger partial charge in [-0.2, -0.15) is 0 Å². The Morgan fingerprint density at radius 1 is 1.45 bits per heavy atom. The van der Waals surface area contributed by atoms with Crippen LogP contribution in [0.3, 0.4) is 0 Å². The van der Waals surface area contributed by atoms with Crippen LogP contribution in [0.1, 0.15) is 5.56 Å². The molecule has 60 valence electrons. The van der Waals surface area contributed by atoms with Crippen LogP contribution in [0.4, 0.5) is 5.69 Å². The van der Waals surface area contributed by atoms with Gasteiger partial charge in [-0.15, -0.1) is 0 Å². The van der Waals surface area contributed by atoms with Crippen LogP contribution in [0.5, 0.6) is 5.75 Å². The molecule has 0 fully saturated rings. The van der Waals surface area contributed by atoms with Gasteiger partial charge >= 0.3 is 0 Å². The first kappa shape index (κ1) is 8.64. The molecule has 1 rings (SSSR count). The minimum absolute atomic E-state index is 0.771. The zero-order valence-corrected chi connectivity index (χ0v) is 8.68. The van der Waals surface area contributed by atoms with Crippen molar-refractivity contribution in [1.82, 2.24) is 0 Å². The molecule has 3 heteroatoms. The fraction of sp³-hybridized carbons (Fsp3) is 0.250. The van der Waals surface area contributed by atoms with E-state index in [4.69, 9.17) is 10.5 Å². The normalized spacial score (nSPS) is 9.73. The van der Waals surface area contributed by atoms with Gasteiger partial charge < -0.3 is 10.5 Å². The molecule has 0 heterocycles. The van der Waals surface area contributed by atoms with Gasteiger partial charge in [0.15, 0.2) is 0 Å². The summed E-state index contributed by atoms with van der Waals surface area (Å²) >= 11 is 2.20. The summed E-state index contributed by atoms with van der Waals surface area (Å²) in [5.74, 6) is 0.850. The van der Waals surface area contributed by atoms with Gasteiger partial charge in [-0.3, -0.25) is 0 Å². The van der Waals surface area contributed by atoms with Crippen molar-refractivity contribution in [2.75, 3.05) is 12.8 Å². The zero-order valence-electron chi connectivity index (χ0n) is 6.52. The van der Waals surface area contributed by atoms with Crippen LogP contribution in [-0.2, 0) is 0 Å². The van der Waals surface area contributed by atoms with Crippen molar-refractivity contribution in [2.24, 2.45) is 0 Å². The number of halogens is 1. The van der Waals surface area contributed by atoms with Crippen molar-refractivity contribution < 1.29 is 4.74 Å². The fourth-order valence-electron chi connectivity index (χ4n) is 0.888. The average molecular weight is 263 g/mol. The number of aryl methyl sites for hydroxylation is 1. The molecule has 2 nitrogen and oxygen atoms in total. The third-order valence-corrected chi connectivity index (χ3v) is 2.45. The Morgan fingerprint density at radius 2 is 2.09 bits per heavy atom. The first-order valence-corrected chi connectivity index (χ1v) is 4.32. The SMILES string of the molecule is COc1cc(N)c(I)cc1C. The molecular formula is C8H10INO. The van der Waals surface area contributed by atoms with E-state index in [9.17, 15) is 0 Å². The molecule has 0 amide bonds. The average Bonchev–Trinajstić information content (AvgIpc) is 1.97. The molecule has 0 atom stereocenters. The van der Waals surface area contributed by atoms with E-state index >= 15 is 0 Å². The van der Waals surface area contributed by atoms with Gasteiger partial charge in [0.1, 0.15) is 5.75 Å². The number of methoxy groups -OCH3 is 1. The van der Waals surface area contributed by atoms with Crippen molar-refractivity contribution in [3.05, 3.63) is 21.3 Å². The predicted octanol–water partition coefficient (Wildman–Crippen LogP) is 2.19. The molecule has 0 spiro atoms. The highest BCUT2D eigenvalue weighted by molar-refractivity contribution is 14.1. The van der Waals surface area contributed by atoms with Crippen LogP contribution >= 0.6 is 22.6 Å². The topological polar surface area (TPSA) is 35.2 Å². The van der Waals surface area contributed by atoms with Crippen molar-refractivity contribution in [3.8, 4) is 5.75 Å². The van der Waals surface area contributed by atoms with E-state index in [1.54, 1.807) is 7.11 Å². The lowest BCUT2D eigenvalue weighted by molar-refractivity contribution is 0.412. The van der Waals surface area contributed by atoms with E-state index in [0.717, 1.165) is 20.6 Å². The third kappa shape index (κ3) is 1.77. The predicted molar refractivity (Wildman–Crippen MR) is 54.9 cm³/mol. The Bertz CT molecular complexity index is 273. The molecule has 0 unspecified atom stereocenters. The summed E-state index contributed by atoms with van der Waals surface area (Å²) in [4.78, 5) is 0. The van der Waals surface area contributed by atoms with Crippen molar-refractivity contribution >= 4 is 28.3 Å². The number of nitrogen functional groups attached to an aromatic ring is 1. The number of ether oxygens (including phenoxy) is 1. The molecule has 0 aromatic heterocycles. The summed E-state index contributed by atoms with van der Waals surface area (Å²) in [5, 5.41) is 0. The van der Waals surface area contributed by atoms with Crippen LogP contribution in [-0.4, -0.2) is 7.11 Å². The van der Waals surface area contributed by atoms with E-state index < -0.39 is 0 Å². The number of hydrogen-bond donors (Lipinski definition) is 1. The zero-order chi connectivity index (χ0) is 8.43. The minimum atomic E-state index is 0.771. The summed E-state index contributed by atoms with van der Waals surface area (Å²) in [7, 11) is 1.65. The molecule has 0 bridgehead atoms. The third-order valence-electron chi connectivity index (χ3n) is 1.51. The summed E-state index contributed by atoms with van der Waals surface area (Å²) in [6.45, 7) is 2.00. The largest absolute Gasteiger partial charge is 0.496 e. The van der Waals surface area contributed by atoms with Crippen molar-refractivity contribution in [3.63, 3.8) is 0 Å². The maximum atomic E-state index is 5.68. The van der Waals surface area contributed by atoms with Gasteiger partial charge in [0.2, 0.25) is 0 Å². The van der Waals surface area contributed by atoms with E-state index in [2.05, 4.69) is 22.6 Å². The molecule has 0 saturated heterocycles. The van der Waals surface area contributed by atoms with Crippen molar-refractivity contribution in [1.29, 1.82) is 0 Å². The number of hydrogen-bond acceptors (Lipinski definition) is 2. The smallest absolute Gasteiger partial charge is 0.123 e. The molecule has 0 saturated carbocycles. The van der Waals surface area contributed by atoms with Crippen LogP contribution in [0.15, 0.2) is 12.1 Å². The monoisotopic (exact) mass is 263 g/mol. The molecule has 2 N–H and O–H groups in total. The first-order valence-electron chi connectivity index (χ1n) is 3.24. The van der Waals surface area contributed by atoms with Gasteiger partial charge in [-0.25, -0.2) is 0 Å². The highest BCUT2D eigenvalue weighted by Crippen LogP contribution is 2.25. The van der Waals surface area contributed by atoms with Gasteiger partial charge in [-0.05, 0) is 41.1 Å². The standard InChI is InChI=1S/C8H10INO/c1-5-3-6(9)7(10)4-8(5)11-2/h3-4H,10H2,1-2H3. The fourth-order valence-corrected chi connectivity index (χ4v) is 1.51. The lowest BCUT2D eigenvalue weighted by Crippen LogP contribution is -1.93. The van der Waals surface area contributed by atoms with Gasteiger partial charge in [0, 0.05) is 15.3 Å². The second kappa shape index (κ2) is 3.30. The molecule has 0 radical (unpaired) electrons. The van der Waals surface area contributed by atoms with E-state index in [0.29, 0.717) is 0 Å². The van der Waals surface area contributed by atoms with Crippen LogP contribution < -0.4 is 10.5 Å².